The SMILES string of the molecule is CCCCCCCCBr.[Ar]. The maximum Gasteiger partial charge on any atom is 0.00313 e. The van der Waals surface area contributed by atoms with Gasteiger partial charge in [0.2, 0.25) is 0 Å². The predicted molar refractivity (Wildman–Crippen MR) is 47.2 cm³/mol. The van der Waals surface area contributed by atoms with Crippen LogP contribution in [0.15, 0.2) is 0 Å². The Morgan fingerprint density at radius 1 is 0.900 bits per heavy atom. The van der Waals surface area contributed by atoms with Crippen molar-refractivity contribution in [2.24, 2.45) is 0 Å². The van der Waals surface area contributed by atoms with Crippen LogP contribution >= 0.6 is 15.9 Å². The van der Waals surface area contributed by atoms with E-state index in [0.29, 0.717) is 0 Å². The van der Waals surface area contributed by atoms with Crippen LogP contribution in [0.1, 0.15) is 45.4 Å². The summed E-state index contributed by atoms with van der Waals surface area (Å²) < 4.78 is 0. The molecule has 0 radical (unpaired) electrons. The van der Waals surface area contributed by atoms with Crippen molar-refractivity contribution in [2.75, 3.05) is 5.33 Å². The summed E-state index contributed by atoms with van der Waals surface area (Å²) in [5.74, 6) is 0. The predicted octanol–water partition coefficient (Wildman–Crippen LogP) is 3.74. The molecule has 0 aromatic rings. The van der Waals surface area contributed by atoms with Gasteiger partial charge in [-0.15, -0.1) is 0 Å². The van der Waals surface area contributed by atoms with E-state index in [9.17, 15) is 0 Å². The van der Waals surface area contributed by atoms with Crippen molar-refractivity contribution >= 4 is 15.9 Å². The summed E-state index contributed by atoms with van der Waals surface area (Å²) in [5.41, 5.74) is 0. The number of unbranched alkanes of at least 4 members (excludes halogenated alkanes) is 5. The zero-order valence-corrected chi connectivity index (χ0v) is 8.97. The van der Waals surface area contributed by atoms with Crippen LogP contribution in [-0.2, 0) is 0 Å². The Kier molecular flexibility index (Phi) is 19.0. The molecule has 0 saturated heterocycles. The van der Waals surface area contributed by atoms with E-state index in [-0.39, 0.29) is 37.7 Å². The summed E-state index contributed by atoms with van der Waals surface area (Å²) >= 11 is 3.42. The quantitative estimate of drug-likeness (QED) is 0.484. The topological polar surface area (TPSA) is 0 Å². The maximum absolute atomic E-state index is 3.42. The molecule has 0 aliphatic rings. The third-order valence-electron chi connectivity index (χ3n) is 1.49. The van der Waals surface area contributed by atoms with Crippen molar-refractivity contribution in [3.05, 3.63) is 0 Å². The second-order valence-electron chi connectivity index (χ2n) is 2.46. The fraction of sp³-hybridized carbons (Fsp3) is 1.00. The van der Waals surface area contributed by atoms with Crippen LogP contribution in [0.3, 0.4) is 0 Å². The summed E-state index contributed by atoms with van der Waals surface area (Å²) in [4.78, 5) is 0. The standard InChI is InChI=1S/C8H17Br.Ar/c1-2-3-4-5-6-7-8-9;/h2-8H2,1H3;. The van der Waals surface area contributed by atoms with Gasteiger partial charge in [0.1, 0.15) is 0 Å². The van der Waals surface area contributed by atoms with Crippen molar-refractivity contribution in [1.29, 1.82) is 0 Å². The van der Waals surface area contributed by atoms with E-state index < -0.39 is 0 Å². The first-order valence-corrected chi connectivity index (χ1v) is 5.10. The molecular formula is C8H17ArBr. The number of hydrogen-bond donors (Lipinski definition) is 0. The molecule has 0 N–H and O–H groups in total. The van der Waals surface area contributed by atoms with Gasteiger partial charge in [-0.05, 0) is 6.42 Å². The molecule has 0 fully saturated rings. The van der Waals surface area contributed by atoms with Gasteiger partial charge in [-0.25, -0.2) is 0 Å². The van der Waals surface area contributed by atoms with Crippen LogP contribution in [0.4, 0.5) is 0 Å². The Labute approximate surface area is 103 Å². The summed E-state index contributed by atoms with van der Waals surface area (Å²) in [6.45, 7) is 2.25. The smallest absolute Gasteiger partial charge is 0.00313 e. The van der Waals surface area contributed by atoms with Crippen molar-refractivity contribution in [1.82, 2.24) is 0 Å². The molecule has 10 heavy (non-hydrogen) atoms. The molecule has 0 aromatic heterocycles. The van der Waals surface area contributed by atoms with Crippen molar-refractivity contribution < 1.29 is 37.7 Å². The molecule has 2 heteroatoms. The van der Waals surface area contributed by atoms with Crippen LogP contribution in [-0.4, -0.2) is 5.33 Å². The van der Waals surface area contributed by atoms with Crippen molar-refractivity contribution in [3.8, 4) is 0 Å². The molecule has 0 unspecified atom stereocenters. The second-order valence-corrected chi connectivity index (χ2v) is 3.25. The van der Waals surface area contributed by atoms with Gasteiger partial charge in [0.05, 0.1) is 0 Å². The minimum absolute atomic E-state index is 0. The third kappa shape index (κ3) is 12.4. The van der Waals surface area contributed by atoms with E-state index in [2.05, 4.69) is 22.9 Å². The Morgan fingerprint density at radius 3 is 1.90 bits per heavy atom. The molecule has 0 amide bonds. The van der Waals surface area contributed by atoms with E-state index >= 15 is 0 Å². The molecule has 0 atom stereocenters. The molecule has 0 aliphatic carbocycles. The van der Waals surface area contributed by atoms with Crippen LogP contribution in [0, 0.1) is 37.7 Å². The number of rotatable bonds is 6. The Bertz CT molecular complexity index is 42.5. The van der Waals surface area contributed by atoms with E-state index in [1.165, 1.54) is 43.9 Å². The van der Waals surface area contributed by atoms with Gasteiger partial charge in [0.25, 0.3) is 0 Å². The fourth-order valence-corrected chi connectivity index (χ4v) is 1.27. The first kappa shape index (κ1) is 14.3. The molecule has 0 nitrogen and oxygen atoms in total. The van der Waals surface area contributed by atoms with Gasteiger partial charge >= 0.3 is 0 Å². The molecule has 0 aromatic carbocycles. The Balaban J connectivity index is 0. The summed E-state index contributed by atoms with van der Waals surface area (Å²) in [7, 11) is 0. The average molecular weight is 233 g/mol. The largest absolute Gasteiger partial charge is 0.0928 e. The van der Waals surface area contributed by atoms with E-state index in [1.807, 2.05) is 0 Å². The molecule has 64 valence electrons. The molecule has 0 spiro atoms. The van der Waals surface area contributed by atoms with Gasteiger partial charge < -0.3 is 0 Å². The van der Waals surface area contributed by atoms with E-state index in [4.69, 9.17) is 0 Å². The van der Waals surface area contributed by atoms with Gasteiger partial charge in [-0.2, -0.15) is 0 Å². The van der Waals surface area contributed by atoms with Crippen molar-refractivity contribution in [2.45, 2.75) is 45.4 Å². The van der Waals surface area contributed by atoms with Gasteiger partial charge in [0.15, 0.2) is 0 Å². The zero-order valence-electron chi connectivity index (χ0n) is 6.68. The number of alkyl halides is 1. The first-order valence-electron chi connectivity index (χ1n) is 3.97. The Morgan fingerprint density at radius 2 is 1.40 bits per heavy atom. The van der Waals surface area contributed by atoms with Gasteiger partial charge in [-0.1, -0.05) is 55.0 Å². The fourth-order valence-electron chi connectivity index (χ4n) is 0.875. The van der Waals surface area contributed by atoms with Crippen molar-refractivity contribution in [3.63, 3.8) is 0 Å². The molecule has 0 rings (SSSR count). The number of hydrogen-bond acceptors (Lipinski definition) is 0. The van der Waals surface area contributed by atoms with Crippen LogP contribution in [0.5, 0.6) is 0 Å². The third-order valence-corrected chi connectivity index (χ3v) is 2.05. The normalized spacial score (nSPS) is 9.00. The zero-order chi connectivity index (χ0) is 6.95. The minimum atomic E-state index is 0. The van der Waals surface area contributed by atoms with Crippen LogP contribution in [0.25, 0.3) is 0 Å². The molecule has 0 aliphatic heterocycles. The van der Waals surface area contributed by atoms with E-state index in [0.717, 1.165) is 0 Å². The first-order chi connectivity index (χ1) is 4.41. The minimum Gasteiger partial charge on any atom is -0.0928 e. The van der Waals surface area contributed by atoms with Crippen LogP contribution in [0.2, 0.25) is 0 Å². The second kappa shape index (κ2) is 13.3. The number of halogens is 1. The molecule has 0 bridgehead atoms. The summed E-state index contributed by atoms with van der Waals surface area (Å²) in [6.07, 6.45) is 8.40. The van der Waals surface area contributed by atoms with E-state index in [1.54, 1.807) is 0 Å². The summed E-state index contributed by atoms with van der Waals surface area (Å²) in [6, 6.07) is 0. The summed E-state index contributed by atoms with van der Waals surface area (Å²) in [5, 5.41) is 1.18. The van der Waals surface area contributed by atoms with Gasteiger partial charge in [0, 0.05) is 43.1 Å². The Hall–Kier alpha value is 1.74. The maximum atomic E-state index is 3.42. The average Bonchev–Trinajstić information content (AvgIpc) is 1.89. The molecule has 0 saturated carbocycles. The molecular weight excluding hydrogens is 216 g/mol. The monoisotopic (exact) mass is 232 g/mol. The van der Waals surface area contributed by atoms with Gasteiger partial charge in [-0.3, -0.25) is 0 Å². The van der Waals surface area contributed by atoms with Crippen LogP contribution < -0.4 is 0 Å². The molecule has 0 heterocycles.